The van der Waals surface area contributed by atoms with Gasteiger partial charge in [0.25, 0.3) is 0 Å². The molecule has 0 aliphatic rings. The van der Waals surface area contributed by atoms with Gasteiger partial charge in [0.05, 0.1) is 24.8 Å². The number of nitrogens with zero attached hydrogens (tertiary/aromatic N) is 1. The normalized spacial score (nSPS) is 11.0. The van der Waals surface area contributed by atoms with E-state index in [9.17, 15) is 0 Å². The number of rotatable bonds is 11. The maximum Gasteiger partial charge on any atom is 0.161 e. The van der Waals surface area contributed by atoms with E-state index in [1.807, 2.05) is 42.5 Å². The molecule has 1 aromatic heterocycles. The summed E-state index contributed by atoms with van der Waals surface area (Å²) in [7, 11) is 1.68. The topological polar surface area (TPSA) is 47.1 Å². The first-order chi connectivity index (χ1) is 13.3. The van der Waals surface area contributed by atoms with E-state index in [1.165, 1.54) is 38.5 Å². The molecule has 0 spiro atoms. The minimum atomic E-state index is 0.730. The van der Waals surface area contributed by atoms with E-state index in [1.54, 1.807) is 7.11 Å². The van der Waals surface area contributed by atoms with Crippen LogP contribution in [-0.4, -0.2) is 23.7 Å². The number of aromatic amines is 1. The third-order valence-corrected chi connectivity index (χ3v) is 4.83. The zero-order chi connectivity index (χ0) is 18.9. The summed E-state index contributed by atoms with van der Waals surface area (Å²) in [6.45, 7) is 2.98. The Hall–Kier alpha value is -2.49. The van der Waals surface area contributed by atoms with E-state index in [0.717, 1.165) is 46.9 Å². The van der Waals surface area contributed by atoms with Crippen molar-refractivity contribution in [3.8, 4) is 22.9 Å². The Morgan fingerprint density at radius 1 is 0.889 bits per heavy atom. The number of unbranched alkanes of at least 4 members (excludes halogenated alkanes) is 6. The first kappa shape index (κ1) is 19.3. The van der Waals surface area contributed by atoms with Gasteiger partial charge in [-0.2, -0.15) is 0 Å². The second-order valence-corrected chi connectivity index (χ2v) is 6.94. The molecular weight excluding hydrogens is 336 g/mol. The number of methoxy groups -OCH3 is 1. The van der Waals surface area contributed by atoms with Crippen molar-refractivity contribution >= 4 is 11.0 Å². The average Bonchev–Trinajstić information content (AvgIpc) is 3.14. The fourth-order valence-electron chi connectivity index (χ4n) is 3.26. The summed E-state index contributed by atoms with van der Waals surface area (Å²) in [4.78, 5) is 8.01. The average molecular weight is 367 g/mol. The summed E-state index contributed by atoms with van der Waals surface area (Å²) in [6.07, 6.45) is 8.95. The number of ether oxygens (including phenoxy) is 2. The third-order valence-electron chi connectivity index (χ3n) is 4.83. The smallest absolute Gasteiger partial charge is 0.161 e. The van der Waals surface area contributed by atoms with Crippen molar-refractivity contribution in [1.82, 2.24) is 9.97 Å². The Kier molecular flexibility index (Phi) is 7.14. The molecule has 0 saturated heterocycles. The van der Waals surface area contributed by atoms with Gasteiger partial charge in [-0.1, -0.05) is 57.6 Å². The molecule has 1 N–H and O–H groups in total. The lowest BCUT2D eigenvalue weighted by atomic mass is 10.1. The van der Waals surface area contributed by atoms with E-state index in [0.29, 0.717) is 0 Å². The molecule has 0 aliphatic heterocycles. The second-order valence-electron chi connectivity index (χ2n) is 6.94. The van der Waals surface area contributed by atoms with Gasteiger partial charge < -0.3 is 14.5 Å². The van der Waals surface area contributed by atoms with Crippen molar-refractivity contribution in [2.45, 2.75) is 51.9 Å². The van der Waals surface area contributed by atoms with Gasteiger partial charge in [-0.3, -0.25) is 0 Å². The van der Waals surface area contributed by atoms with Crippen LogP contribution in [0.1, 0.15) is 51.9 Å². The molecule has 1 heterocycles. The first-order valence-corrected chi connectivity index (χ1v) is 10.1. The van der Waals surface area contributed by atoms with Crippen molar-refractivity contribution in [1.29, 1.82) is 0 Å². The lowest BCUT2D eigenvalue weighted by Gasteiger charge is -2.11. The number of benzene rings is 2. The van der Waals surface area contributed by atoms with Gasteiger partial charge in [0.2, 0.25) is 0 Å². The van der Waals surface area contributed by atoms with Crippen molar-refractivity contribution in [2.75, 3.05) is 13.7 Å². The van der Waals surface area contributed by atoms with Crippen LogP contribution >= 0.6 is 0 Å². The Morgan fingerprint density at radius 3 is 2.44 bits per heavy atom. The van der Waals surface area contributed by atoms with Crippen LogP contribution in [0.3, 0.4) is 0 Å². The molecule has 0 unspecified atom stereocenters. The molecule has 0 aliphatic carbocycles. The standard InChI is InChI=1S/C23H30N2O2/c1-3-4-5-6-7-8-11-16-27-21-15-14-18(17-22(21)26-2)23-24-19-12-9-10-13-20(19)25-23/h9-10,12-15,17H,3-8,11,16H2,1-2H3,(H,24,25). The zero-order valence-electron chi connectivity index (χ0n) is 16.5. The second kappa shape index (κ2) is 10.0. The lowest BCUT2D eigenvalue weighted by Crippen LogP contribution is -1.99. The van der Waals surface area contributed by atoms with E-state index >= 15 is 0 Å². The van der Waals surface area contributed by atoms with Crippen molar-refractivity contribution in [3.05, 3.63) is 42.5 Å². The molecule has 144 valence electrons. The number of hydrogen-bond acceptors (Lipinski definition) is 3. The minimum Gasteiger partial charge on any atom is -0.493 e. The van der Waals surface area contributed by atoms with E-state index in [4.69, 9.17) is 9.47 Å². The van der Waals surface area contributed by atoms with Gasteiger partial charge >= 0.3 is 0 Å². The van der Waals surface area contributed by atoms with E-state index in [-0.39, 0.29) is 0 Å². The monoisotopic (exact) mass is 366 g/mol. The number of H-pyrrole nitrogens is 1. The fraction of sp³-hybridized carbons (Fsp3) is 0.435. The molecule has 0 amide bonds. The van der Waals surface area contributed by atoms with Gasteiger partial charge in [0.15, 0.2) is 11.5 Å². The summed E-state index contributed by atoms with van der Waals surface area (Å²) in [5.41, 5.74) is 2.99. The molecule has 27 heavy (non-hydrogen) atoms. The molecule has 3 rings (SSSR count). The van der Waals surface area contributed by atoms with Crippen LogP contribution in [0.25, 0.3) is 22.4 Å². The molecule has 0 radical (unpaired) electrons. The maximum atomic E-state index is 5.95. The molecule has 4 heteroatoms. The molecule has 4 nitrogen and oxygen atoms in total. The van der Waals surface area contributed by atoms with Gasteiger partial charge in [-0.05, 0) is 36.8 Å². The highest BCUT2D eigenvalue weighted by Gasteiger charge is 2.10. The van der Waals surface area contributed by atoms with Crippen molar-refractivity contribution in [2.24, 2.45) is 0 Å². The van der Waals surface area contributed by atoms with Crippen LogP contribution < -0.4 is 9.47 Å². The predicted molar refractivity (Wildman–Crippen MR) is 112 cm³/mol. The van der Waals surface area contributed by atoms with E-state index in [2.05, 4.69) is 16.9 Å². The summed E-state index contributed by atoms with van der Waals surface area (Å²) in [6, 6.07) is 14.0. The van der Waals surface area contributed by atoms with Crippen LogP contribution in [0.4, 0.5) is 0 Å². The molecule has 0 bridgehead atoms. The third kappa shape index (κ3) is 5.25. The molecule has 2 aromatic carbocycles. The van der Waals surface area contributed by atoms with Crippen LogP contribution in [0, 0.1) is 0 Å². The predicted octanol–water partition coefficient (Wildman–Crippen LogP) is 6.37. The largest absolute Gasteiger partial charge is 0.493 e. The summed E-state index contributed by atoms with van der Waals surface area (Å²) in [5, 5.41) is 0. The fourth-order valence-corrected chi connectivity index (χ4v) is 3.26. The highest BCUT2D eigenvalue weighted by molar-refractivity contribution is 5.79. The van der Waals surface area contributed by atoms with Crippen LogP contribution in [0.15, 0.2) is 42.5 Å². The molecule has 0 saturated carbocycles. The molecule has 3 aromatic rings. The number of aromatic nitrogens is 2. The van der Waals surface area contributed by atoms with Gasteiger partial charge in [0.1, 0.15) is 5.82 Å². The SMILES string of the molecule is CCCCCCCCCOc1ccc(-c2nc3ccccc3[nH]2)cc1OC. The zero-order valence-corrected chi connectivity index (χ0v) is 16.5. The van der Waals surface area contributed by atoms with Crippen LogP contribution in [0.5, 0.6) is 11.5 Å². The Bertz CT molecular complexity index is 808. The van der Waals surface area contributed by atoms with Crippen molar-refractivity contribution in [3.63, 3.8) is 0 Å². The summed E-state index contributed by atoms with van der Waals surface area (Å²) >= 11 is 0. The van der Waals surface area contributed by atoms with Crippen molar-refractivity contribution < 1.29 is 9.47 Å². The van der Waals surface area contributed by atoms with E-state index < -0.39 is 0 Å². The Balaban J connectivity index is 1.56. The number of nitrogens with one attached hydrogen (secondary N) is 1. The van der Waals surface area contributed by atoms with Crippen LogP contribution in [0.2, 0.25) is 0 Å². The number of imidazole rings is 1. The number of fused-ring (bicyclic) bond motifs is 1. The number of hydrogen-bond donors (Lipinski definition) is 1. The molecule has 0 fully saturated rings. The summed E-state index contributed by atoms with van der Waals surface area (Å²) < 4.78 is 11.5. The van der Waals surface area contributed by atoms with Gasteiger partial charge in [-0.25, -0.2) is 4.98 Å². The highest BCUT2D eigenvalue weighted by Crippen LogP contribution is 2.32. The van der Waals surface area contributed by atoms with Gasteiger partial charge in [-0.15, -0.1) is 0 Å². The quantitative estimate of drug-likeness (QED) is 0.401. The molecule has 0 atom stereocenters. The Labute approximate surface area is 161 Å². The van der Waals surface area contributed by atoms with Gasteiger partial charge in [0, 0.05) is 5.56 Å². The Morgan fingerprint density at radius 2 is 1.67 bits per heavy atom. The number of para-hydroxylation sites is 2. The summed E-state index contributed by atoms with van der Waals surface area (Å²) in [5.74, 6) is 2.38. The maximum absolute atomic E-state index is 5.95. The molecular formula is C23H30N2O2. The minimum absolute atomic E-state index is 0.730. The lowest BCUT2D eigenvalue weighted by molar-refractivity contribution is 0.284. The highest BCUT2D eigenvalue weighted by atomic mass is 16.5. The van der Waals surface area contributed by atoms with Crippen LogP contribution in [-0.2, 0) is 0 Å². The first-order valence-electron chi connectivity index (χ1n) is 10.1.